The molecule has 120 valence electrons. The number of hydrogen-bond donors (Lipinski definition) is 1. The van der Waals surface area contributed by atoms with Gasteiger partial charge in [0, 0.05) is 31.4 Å². The van der Waals surface area contributed by atoms with Crippen LogP contribution < -0.4 is 19.7 Å². The van der Waals surface area contributed by atoms with Crippen molar-refractivity contribution in [3.8, 4) is 11.5 Å². The maximum absolute atomic E-state index is 11.0. The summed E-state index contributed by atoms with van der Waals surface area (Å²) in [5, 5.41) is 3.20. The summed E-state index contributed by atoms with van der Waals surface area (Å²) in [4.78, 5) is 13.2. The second-order valence-corrected chi connectivity index (χ2v) is 6.00. The minimum absolute atomic E-state index is 0.102. The fourth-order valence-electron chi connectivity index (χ4n) is 3.24. The molecule has 22 heavy (non-hydrogen) atoms. The first-order valence-electron chi connectivity index (χ1n) is 8.08. The van der Waals surface area contributed by atoms with E-state index < -0.39 is 0 Å². The highest BCUT2D eigenvalue weighted by atomic mass is 16.5. The third-order valence-electron chi connectivity index (χ3n) is 4.48. The van der Waals surface area contributed by atoms with E-state index in [0.29, 0.717) is 12.6 Å². The summed E-state index contributed by atoms with van der Waals surface area (Å²) in [7, 11) is 1.67. The fourth-order valence-corrected chi connectivity index (χ4v) is 3.24. The lowest BCUT2D eigenvalue weighted by Gasteiger charge is -2.33. The molecule has 1 aromatic rings. The second kappa shape index (κ2) is 7.01. The van der Waals surface area contributed by atoms with Gasteiger partial charge in [-0.1, -0.05) is 0 Å². The number of piperazine rings is 1. The zero-order chi connectivity index (χ0) is 15.4. The number of carbonyl (C=O) groups is 1. The summed E-state index contributed by atoms with van der Waals surface area (Å²) < 4.78 is 11.6. The van der Waals surface area contributed by atoms with Crippen LogP contribution in [0.3, 0.4) is 0 Å². The van der Waals surface area contributed by atoms with Crippen LogP contribution in [-0.4, -0.2) is 45.2 Å². The Labute approximate surface area is 131 Å². The van der Waals surface area contributed by atoms with Crippen LogP contribution in [0.25, 0.3) is 0 Å². The molecule has 1 unspecified atom stereocenters. The summed E-state index contributed by atoms with van der Waals surface area (Å²) in [6.45, 7) is 2.40. The van der Waals surface area contributed by atoms with Crippen LogP contribution in [0.1, 0.15) is 25.7 Å². The lowest BCUT2D eigenvalue weighted by atomic mass is 10.2. The number of ether oxygens (including phenoxy) is 2. The second-order valence-electron chi connectivity index (χ2n) is 6.00. The Morgan fingerprint density at radius 3 is 2.82 bits per heavy atom. The largest absolute Gasteiger partial charge is 0.493 e. The number of benzene rings is 1. The average Bonchev–Trinajstić information content (AvgIpc) is 3.08. The number of nitrogens with one attached hydrogen (secondary N) is 1. The molecule has 1 aliphatic carbocycles. The first-order valence-corrected chi connectivity index (χ1v) is 8.08. The van der Waals surface area contributed by atoms with E-state index in [2.05, 4.69) is 10.2 Å². The van der Waals surface area contributed by atoms with Crippen molar-refractivity contribution in [1.29, 1.82) is 0 Å². The van der Waals surface area contributed by atoms with Gasteiger partial charge < -0.3 is 24.5 Å². The maximum Gasteiger partial charge on any atom is 0.163 e. The molecule has 0 spiro atoms. The molecule has 1 aromatic carbocycles. The van der Waals surface area contributed by atoms with Crippen LogP contribution in [0.2, 0.25) is 0 Å². The molecule has 2 aliphatic rings. The van der Waals surface area contributed by atoms with Gasteiger partial charge in [-0.3, -0.25) is 0 Å². The molecule has 1 saturated heterocycles. The SMILES string of the molecule is COc1ccc(N2CCNC(C=O)C2)cc1OC1CCCC1. The smallest absolute Gasteiger partial charge is 0.163 e. The molecule has 0 radical (unpaired) electrons. The van der Waals surface area contributed by atoms with Crippen molar-refractivity contribution in [1.82, 2.24) is 5.32 Å². The number of anilines is 1. The van der Waals surface area contributed by atoms with Gasteiger partial charge in [0.05, 0.1) is 19.3 Å². The average molecular weight is 304 g/mol. The Bertz CT molecular complexity index is 515. The van der Waals surface area contributed by atoms with Crippen molar-refractivity contribution in [2.24, 2.45) is 0 Å². The topological polar surface area (TPSA) is 50.8 Å². The van der Waals surface area contributed by atoms with Crippen molar-refractivity contribution in [3.63, 3.8) is 0 Å². The van der Waals surface area contributed by atoms with E-state index in [1.54, 1.807) is 7.11 Å². The monoisotopic (exact) mass is 304 g/mol. The van der Waals surface area contributed by atoms with E-state index >= 15 is 0 Å². The Morgan fingerprint density at radius 1 is 1.27 bits per heavy atom. The lowest BCUT2D eigenvalue weighted by molar-refractivity contribution is -0.109. The molecule has 1 heterocycles. The number of methoxy groups -OCH3 is 1. The van der Waals surface area contributed by atoms with E-state index in [1.165, 1.54) is 12.8 Å². The highest BCUT2D eigenvalue weighted by Crippen LogP contribution is 2.35. The fraction of sp³-hybridized carbons (Fsp3) is 0.588. The minimum atomic E-state index is -0.102. The predicted molar refractivity (Wildman–Crippen MR) is 85.9 cm³/mol. The molecule has 5 heteroatoms. The summed E-state index contributed by atoms with van der Waals surface area (Å²) in [6, 6.07) is 5.94. The van der Waals surface area contributed by atoms with E-state index in [0.717, 1.165) is 49.4 Å². The molecule has 1 saturated carbocycles. The zero-order valence-corrected chi connectivity index (χ0v) is 13.1. The Morgan fingerprint density at radius 2 is 2.09 bits per heavy atom. The number of rotatable bonds is 5. The van der Waals surface area contributed by atoms with Gasteiger partial charge in [0.2, 0.25) is 0 Å². The first-order chi connectivity index (χ1) is 10.8. The molecule has 1 N–H and O–H groups in total. The Kier molecular flexibility index (Phi) is 4.83. The molecule has 0 bridgehead atoms. The molecule has 0 amide bonds. The van der Waals surface area contributed by atoms with Crippen molar-refractivity contribution in [2.75, 3.05) is 31.6 Å². The minimum Gasteiger partial charge on any atom is -0.493 e. The molecular weight excluding hydrogens is 280 g/mol. The van der Waals surface area contributed by atoms with Gasteiger partial charge in [0.1, 0.15) is 6.29 Å². The first kappa shape index (κ1) is 15.2. The molecule has 1 atom stereocenters. The van der Waals surface area contributed by atoms with Crippen LogP contribution in [0.5, 0.6) is 11.5 Å². The van der Waals surface area contributed by atoms with Crippen LogP contribution >= 0.6 is 0 Å². The van der Waals surface area contributed by atoms with Crippen molar-refractivity contribution in [2.45, 2.75) is 37.8 Å². The van der Waals surface area contributed by atoms with Crippen LogP contribution in [0.4, 0.5) is 5.69 Å². The third kappa shape index (κ3) is 3.35. The molecule has 0 aromatic heterocycles. The van der Waals surface area contributed by atoms with Gasteiger partial charge in [-0.25, -0.2) is 0 Å². The van der Waals surface area contributed by atoms with Crippen molar-refractivity contribution in [3.05, 3.63) is 18.2 Å². The van der Waals surface area contributed by atoms with Gasteiger partial charge in [-0.2, -0.15) is 0 Å². The van der Waals surface area contributed by atoms with Crippen molar-refractivity contribution < 1.29 is 14.3 Å². The lowest BCUT2D eigenvalue weighted by Crippen LogP contribution is -2.51. The Balaban J connectivity index is 1.78. The number of carbonyl (C=O) groups excluding carboxylic acids is 1. The summed E-state index contributed by atoms with van der Waals surface area (Å²) in [5.41, 5.74) is 1.09. The number of aldehydes is 1. The predicted octanol–water partition coefficient (Wildman–Crippen LogP) is 1.99. The van der Waals surface area contributed by atoms with Crippen molar-refractivity contribution >= 4 is 12.0 Å². The van der Waals surface area contributed by atoms with Gasteiger partial charge in [0.25, 0.3) is 0 Å². The summed E-state index contributed by atoms with van der Waals surface area (Å²) >= 11 is 0. The molecule has 1 aliphatic heterocycles. The summed E-state index contributed by atoms with van der Waals surface area (Å²) in [5.74, 6) is 1.59. The molecule has 3 rings (SSSR count). The zero-order valence-electron chi connectivity index (χ0n) is 13.1. The van der Waals surface area contributed by atoms with Crippen LogP contribution in [0, 0.1) is 0 Å². The highest BCUT2D eigenvalue weighted by molar-refractivity contribution is 5.62. The van der Waals surface area contributed by atoms with E-state index in [1.807, 2.05) is 18.2 Å². The van der Waals surface area contributed by atoms with E-state index in [-0.39, 0.29) is 6.04 Å². The Hall–Kier alpha value is -1.75. The van der Waals surface area contributed by atoms with E-state index in [9.17, 15) is 4.79 Å². The number of hydrogen-bond acceptors (Lipinski definition) is 5. The van der Waals surface area contributed by atoms with Gasteiger partial charge in [0.15, 0.2) is 11.5 Å². The van der Waals surface area contributed by atoms with Crippen LogP contribution in [0.15, 0.2) is 18.2 Å². The van der Waals surface area contributed by atoms with Gasteiger partial charge >= 0.3 is 0 Å². The van der Waals surface area contributed by atoms with Gasteiger partial charge in [-0.05, 0) is 37.8 Å². The maximum atomic E-state index is 11.0. The number of nitrogens with zero attached hydrogens (tertiary/aromatic N) is 1. The molecule has 2 fully saturated rings. The van der Waals surface area contributed by atoms with Gasteiger partial charge in [-0.15, -0.1) is 0 Å². The van der Waals surface area contributed by atoms with Crippen LogP contribution in [-0.2, 0) is 4.79 Å². The molecular formula is C17H24N2O3. The normalized spacial score (nSPS) is 22.6. The standard InChI is InChI=1S/C17H24N2O3/c1-21-16-7-6-14(19-9-8-18-13(11-19)12-20)10-17(16)22-15-4-2-3-5-15/h6-7,10,12-13,15,18H,2-5,8-9,11H2,1H3. The van der Waals surface area contributed by atoms with E-state index in [4.69, 9.17) is 9.47 Å². The third-order valence-corrected chi connectivity index (χ3v) is 4.48. The summed E-state index contributed by atoms with van der Waals surface area (Å²) in [6.07, 6.45) is 6.00. The highest BCUT2D eigenvalue weighted by Gasteiger charge is 2.22. The quantitative estimate of drug-likeness (QED) is 0.843. The molecule has 5 nitrogen and oxygen atoms in total.